The largest absolute Gasteiger partial charge is 0.496 e. The molecule has 0 aromatic heterocycles. The quantitative estimate of drug-likeness (QED) is 0.530. The highest BCUT2D eigenvalue weighted by Crippen LogP contribution is 2.45. The summed E-state index contributed by atoms with van der Waals surface area (Å²) in [7, 11) is 1.46. The van der Waals surface area contributed by atoms with Crippen LogP contribution in [0.25, 0.3) is 0 Å². The van der Waals surface area contributed by atoms with Crippen LogP contribution in [0.15, 0.2) is 66.7 Å². The van der Waals surface area contributed by atoms with Crippen molar-refractivity contribution in [1.29, 1.82) is 0 Å². The van der Waals surface area contributed by atoms with Gasteiger partial charge in [0, 0.05) is 15.6 Å². The number of aliphatic hydroxyl groups is 1. The first-order chi connectivity index (χ1) is 14.8. The Hall–Kier alpha value is -2.86. The number of benzene rings is 3. The van der Waals surface area contributed by atoms with Gasteiger partial charge in [0.1, 0.15) is 5.75 Å². The van der Waals surface area contributed by atoms with E-state index in [0.717, 1.165) is 5.56 Å². The lowest BCUT2D eigenvalue weighted by molar-refractivity contribution is -0.136. The average Bonchev–Trinajstić information content (AvgIpc) is 2.96. The van der Waals surface area contributed by atoms with Gasteiger partial charge >= 0.3 is 0 Å². The maximum absolute atomic E-state index is 13.4. The first-order valence-corrected chi connectivity index (χ1v) is 10.3. The van der Waals surface area contributed by atoms with Crippen molar-refractivity contribution >= 4 is 40.6 Å². The molecule has 0 radical (unpaired) electrons. The molecular weight excluding hydrogens is 437 g/mol. The van der Waals surface area contributed by atoms with Gasteiger partial charge in [0.25, 0.3) is 5.91 Å². The zero-order valence-electron chi connectivity index (χ0n) is 16.6. The van der Waals surface area contributed by atoms with E-state index < -0.39 is 23.7 Å². The van der Waals surface area contributed by atoms with Crippen molar-refractivity contribution in [3.63, 3.8) is 0 Å². The number of hydrogen-bond acceptors (Lipinski definition) is 4. The smallest absolute Gasteiger partial charge is 0.264 e. The van der Waals surface area contributed by atoms with Crippen LogP contribution in [0, 0.1) is 0 Å². The Kier molecular flexibility index (Phi) is 5.75. The predicted molar refractivity (Wildman–Crippen MR) is 120 cm³/mol. The summed E-state index contributed by atoms with van der Waals surface area (Å²) in [5.41, 5.74) is -0.0864. The molecule has 158 valence electrons. The van der Waals surface area contributed by atoms with Crippen molar-refractivity contribution in [1.82, 2.24) is 0 Å². The van der Waals surface area contributed by atoms with Crippen LogP contribution >= 0.6 is 23.2 Å². The molecule has 1 aliphatic heterocycles. The topological polar surface area (TPSA) is 66.8 Å². The van der Waals surface area contributed by atoms with E-state index in [-0.39, 0.29) is 6.54 Å². The monoisotopic (exact) mass is 455 g/mol. The zero-order chi connectivity index (χ0) is 22.2. The van der Waals surface area contributed by atoms with Crippen LogP contribution < -0.4 is 9.64 Å². The number of ketones is 1. The molecule has 4 rings (SSSR count). The lowest BCUT2D eigenvalue weighted by Crippen LogP contribution is -2.41. The summed E-state index contributed by atoms with van der Waals surface area (Å²) < 4.78 is 5.26. The lowest BCUT2D eigenvalue weighted by Gasteiger charge is -2.23. The summed E-state index contributed by atoms with van der Waals surface area (Å²) in [5, 5.41) is 12.4. The lowest BCUT2D eigenvalue weighted by atomic mass is 9.88. The normalized spacial score (nSPS) is 17.5. The molecule has 0 aliphatic carbocycles. The Morgan fingerprint density at radius 2 is 1.71 bits per heavy atom. The van der Waals surface area contributed by atoms with E-state index in [4.69, 9.17) is 27.9 Å². The molecule has 0 spiro atoms. The zero-order valence-corrected chi connectivity index (χ0v) is 18.2. The Morgan fingerprint density at radius 3 is 2.42 bits per heavy atom. The SMILES string of the molecule is COc1ccccc1C(=O)C[C@]1(O)C(=O)N(Cc2ccc(Cl)cc2)c2ccc(Cl)cc21. The number of halogens is 2. The summed E-state index contributed by atoms with van der Waals surface area (Å²) in [6, 6.07) is 18.7. The highest BCUT2D eigenvalue weighted by Gasteiger charge is 2.51. The van der Waals surface area contributed by atoms with Gasteiger partial charge in [-0.25, -0.2) is 0 Å². The maximum Gasteiger partial charge on any atom is 0.264 e. The molecule has 1 N–H and O–H groups in total. The number of carbonyl (C=O) groups excluding carboxylic acids is 2. The fourth-order valence-corrected chi connectivity index (χ4v) is 4.12. The number of anilines is 1. The van der Waals surface area contributed by atoms with Crippen molar-refractivity contribution in [2.45, 2.75) is 18.6 Å². The second kappa shape index (κ2) is 8.35. The Morgan fingerprint density at radius 1 is 1.03 bits per heavy atom. The molecule has 0 unspecified atom stereocenters. The number of fused-ring (bicyclic) bond motifs is 1. The molecular formula is C24H19Cl2NO4. The molecule has 0 fully saturated rings. The molecule has 0 saturated carbocycles. The number of hydrogen-bond donors (Lipinski definition) is 1. The third kappa shape index (κ3) is 3.92. The van der Waals surface area contributed by atoms with E-state index in [1.54, 1.807) is 48.5 Å². The van der Waals surface area contributed by atoms with Gasteiger partial charge in [-0.2, -0.15) is 0 Å². The molecule has 1 heterocycles. The summed E-state index contributed by atoms with van der Waals surface area (Å²) in [5.74, 6) is -0.610. The third-order valence-corrected chi connectivity index (χ3v) is 5.86. The fraction of sp³-hybridized carbons (Fsp3) is 0.167. The molecule has 5 nitrogen and oxygen atoms in total. The van der Waals surface area contributed by atoms with Gasteiger partial charge in [-0.15, -0.1) is 0 Å². The predicted octanol–water partition coefficient (Wildman–Crippen LogP) is 5.01. The standard InChI is InChI=1S/C24H19Cl2NO4/c1-31-22-5-3-2-4-18(22)21(28)13-24(30)19-12-17(26)10-11-20(19)27(23(24)29)14-15-6-8-16(25)9-7-15/h2-12,30H,13-14H2,1H3/t24-/m1/s1. The second-order valence-corrected chi connectivity index (χ2v) is 8.21. The van der Waals surface area contributed by atoms with E-state index in [9.17, 15) is 14.7 Å². The summed E-state index contributed by atoms with van der Waals surface area (Å²) >= 11 is 12.1. The number of carbonyl (C=O) groups is 2. The maximum atomic E-state index is 13.4. The van der Waals surface area contributed by atoms with E-state index >= 15 is 0 Å². The van der Waals surface area contributed by atoms with Gasteiger partial charge in [-0.1, -0.05) is 47.5 Å². The molecule has 1 amide bonds. The van der Waals surface area contributed by atoms with Gasteiger partial charge in [-0.05, 0) is 48.0 Å². The first-order valence-electron chi connectivity index (χ1n) is 9.58. The van der Waals surface area contributed by atoms with Gasteiger partial charge in [0.2, 0.25) is 0 Å². The Bertz CT molecular complexity index is 1160. The minimum absolute atomic E-state index is 0.218. The number of amides is 1. The van der Waals surface area contributed by atoms with E-state index in [2.05, 4.69) is 0 Å². The van der Waals surface area contributed by atoms with Gasteiger partial charge in [0.15, 0.2) is 11.4 Å². The number of Topliss-reactive ketones (excluding diaryl/α,β-unsaturated/α-hetero) is 1. The molecule has 0 bridgehead atoms. The van der Waals surface area contributed by atoms with Crippen LogP contribution in [-0.2, 0) is 16.9 Å². The van der Waals surface area contributed by atoms with Crippen molar-refractivity contribution < 1.29 is 19.4 Å². The second-order valence-electron chi connectivity index (χ2n) is 7.34. The summed E-state index contributed by atoms with van der Waals surface area (Å²) in [4.78, 5) is 27.9. The Labute approximate surface area is 189 Å². The van der Waals surface area contributed by atoms with Crippen molar-refractivity contribution in [3.8, 4) is 5.75 Å². The Balaban J connectivity index is 1.72. The fourth-order valence-electron chi connectivity index (χ4n) is 3.83. The van der Waals surface area contributed by atoms with Crippen LogP contribution in [0.3, 0.4) is 0 Å². The highest BCUT2D eigenvalue weighted by atomic mass is 35.5. The number of rotatable bonds is 6. The van der Waals surface area contributed by atoms with Crippen LogP contribution in [0.1, 0.15) is 27.9 Å². The molecule has 3 aromatic carbocycles. The average molecular weight is 456 g/mol. The van der Waals surface area contributed by atoms with Crippen LogP contribution in [0.2, 0.25) is 10.0 Å². The molecule has 1 atom stereocenters. The van der Waals surface area contributed by atoms with E-state index in [1.165, 1.54) is 18.1 Å². The number of methoxy groups -OCH3 is 1. The van der Waals surface area contributed by atoms with Crippen LogP contribution in [0.4, 0.5) is 5.69 Å². The summed E-state index contributed by atoms with van der Waals surface area (Å²) in [6.45, 7) is 0.218. The number of para-hydroxylation sites is 1. The van der Waals surface area contributed by atoms with Gasteiger partial charge in [-0.3, -0.25) is 9.59 Å². The summed E-state index contributed by atoms with van der Waals surface area (Å²) in [6.07, 6.45) is -0.434. The van der Waals surface area contributed by atoms with E-state index in [1.807, 2.05) is 12.1 Å². The molecule has 7 heteroatoms. The minimum atomic E-state index is -2.04. The molecule has 0 saturated heterocycles. The van der Waals surface area contributed by atoms with Crippen molar-refractivity contribution in [3.05, 3.63) is 93.5 Å². The van der Waals surface area contributed by atoms with Gasteiger partial charge < -0.3 is 14.7 Å². The molecule has 1 aliphatic rings. The number of ether oxygens (including phenoxy) is 1. The van der Waals surface area contributed by atoms with Crippen LogP contribution in [-0.4, -0.2) is 23.9 Å². The molecule has 31 heavy (non-hydrogen) atoms. The van der Waals surface area contributed by atoms with Crippen molar-refractivity contribution in [2.75, 3.05) is 12.0 Å². The van der Waals surface area contributed by atoms with Crippen LogP contribution in [0.5, 0.6) is 5.75 Å². The minimum Gasteiger partial charge on any atom is -0.496 e. The number of nitrogens with zero attached hydrogens (tertiary/aromatic N) is 1. The highest BCUT2D eigenvalue weighted by molar-refractivity contribution is 6.31. The third-order valence-electron chi connectivity index (χ3n) is 5.37. The first kappa shape index (κ1) is 21.4. The molecule has 3 aromatic rings. The van der Waals surface area contributed by atoms with E-state index in [0.29, 0.717) is 32.6 Å². The van der Waals surface area contributed by atoms with Gasteiger partial charge in [0.05, 0.1) is 31.3 Å². The van der Waals surface area contributed by atoms with Crippen molar-refractivity contribution in [2.24, 2.45) is 0 Å².